The molecule has 1 aromatic rings. The van der Waals surface area contributed by atoms with Gasteiger partial charge in [-0.2, -0.15) is 5.26 Å². The van der Waals surface area contributed by atoms with Gasteiger partial charge in [-0.25, -0.2) is 4.90 Å². The second-order valence-corrected chi connectivity index (χ2v) is 5.81. The van der Waals surface area contributed by atoms with Crippen LogP contribution in [0.15, 0.2) is 24.3 Å². The van der Waals surface area contributed by atoms with E-state index in [9.17, 15) is 9.59 Å². The first-order chi connectivity index (χ1) is 9.65. The lowest BCUT2D eigenvalue weighted by Crippen LogP contribution is -2.47. The molecule has 1 heterocycles. The molecule has 0 aromatic heterocycles. The average molecular weight is 268 g/mol. The number of benzene rings is 1. The molecule has 1 spiro atoms. The van der Waals surface area contributed by atoms with E-state index >= 15 is 0 Å². The van der Waals surface area contributed by atoms with Crippen LogP contribution < -0.4 is 4.90 Å². The van der Waals surface area contributed by atoms with Crippen LogP contribution >= 0.6 is 0 Å². The summed E-state index contributed by atoms with van der Waals surface area (Å²) in [5.74, 6) is -0.322. The van der Waals surface area contributed by atoms with Gasteiger partial charge in [-0.15, -0.1) is 0 Å². The molecule has 0 unspecified atom stereocenters. The van der Waals surface area contributed by atoms with Crippen molar-refractivity contribution in [3.63, 3.8) is 0 Å². The molecule has 0 radical (unpaired) electrons. The van der Waals surface area contributed by atoms with Crippen LogP contribution in [-0.4, -0.2) is 11.8 Å². The second kappa shape index (κ2) is 4.75. The minimum atomic E-state index is -0.161. The topological polar surface area (TPSA) is 61.2 Å². The number of anilines is 1. The van der Waals surface area contributed by atoms with Crippen molar-refractivity contribution >= 4 is 17.5 Å². The Morgan fingerprint density at radius 3 is 2.25 bits per heavy atom. The fraction of sp³-hybridized carbons (Fsp3) is 0.438. The van der Waals surface area contributed by atoms with E-state index in [1.807, 2.05) is 6.07 Å². The first kappa shape index (κ1) is 12.9. The molecule has 1 saturated heterocycles. The molecule has 4 nitrogen and oxygen atoms in total. The first-order valence-corrected chi connectivity index (χ1v) is 7.00. The molecular formula is C16H16N2O2. The number of carbonyl (C=O) groups is 2. The number of rotatable bonds is 1. The molecule has 2 fully saturated rings. The Labute approximate surface area is 118 Å². The lowest BCUT2D eigenvalue weighted by Gasteiger charge is -2.37. The fourth-order valence-corrected chi connectivity index (χ4v) is 3.51. The quantitative estimate of drug-likeness (QED) is 0.736. The maximum absolute atomic E-state index is 12.4. The highest BCUT2D eigenvalue weighted by atomic mass is 16.2. The number of nitrogens with zero attached hydrogens (tertiary/aromatic N) is 2. The number of hydrogen-bond donors (Lipinski definition) is 0. The Morgan fingerprint density at radius 2 is 1.65 bits per heavy atom. The van der Waals surface area contributed by atoms with Crippen LogP contribution in [0.4, 0.5) is 5.69 Å². The number of piperidine rings is 1. The summed E-state index contributed by atoms with van der Waals surface area (Å²) in [5, 5.41) is 9.13. The largest absolute Gasteiger partial charge is 0.274 e. The number of hydrogen-bond acceptors (Lipinski definition) is 3. The highest BCUT2D eigenvalue weighted by molar-refractivity contribution is 6.17. The summed E-state index contributed by atoms with van der Waals surface area (Å²) in [6, 6.07) is 8.83. The monoisotopic (exact) mass is 268 g/mol. The molecule has 1 aromatic carbocycles. The molecule has 0 bridgehead atoms. The van der Waals surface area contributed by atoms with E-state index in [2.05, 4.69) is 0 Å². The third-order valence-corrected chi connectivity index (χ3v) is 4.48. The zero-order chi connectivity index (χ0) is 14.2. The Morgan fingerprint density at radius 1 is 1.05 bits per heavy atom. The van der Waals surface area contributed by atoms with Gasteiger partial charge in [-0.1, -0.05) is 25.0 Å². The molecule has 1 aliphatic heterocycles. The Kier molecular flexibility index (Phi) is 3.06. The normalized spacial score (nSPS) is 21.2. The Balaban J connectivity index is 1.94. The number of amides is 2. The van der Waals surface area contributed by atoms with E-state index in [4.69, 9.17) is 5.26 Å². The van der Waals surface area contributed by atoms with E-state index in [0.717, 1.165) is 25.7 Å². The minimum Gasteiger partial charge on any atom is -0.274 e. The number of nitriles is 1. The number of imide groups is 1. The highest BCUT2D eigenvalue weighted by Gasteiger charge is 2.45. The molecule has 4 heteroatoms. The van der Waals surface area contributed by atoms with Gasteiger partial charge in [-0.05, 0) is 30.4 Å². The summed E-state index contributed by atoms with van der Waals surface area (Å²) >= 11 is 0. The number of carbonyl (C=O) groups excluding carboxylic acids is 2. The van der Waals surface area contributed by atoms with Gasteiger partial charge in [0, 0.05) is 12.8 Å². The van der Waals surface area contributed by atoms with Crippen LogP contribution in [0.5, 0.6) is 0 Å². The smallest absolute Gasteiger partial charge is 0.234 e. The molecule has 102 valence electrons. The van der Waals surface area contributed by atoms with Crippen molar-refractivity contribution in [1.29, 1.82) is 5.26 Å². The van der Waals surface area contributed by atoms with Gasteiger partial charge < -0.3 is 0 Å². The molecule has 0 atom stereocenters. The predicted octanol–water partition coefficient (Wildman–Crippen LogP) is 2.77. The van der Waals surface area contributed by atoms with Crippen molar-refractivity contribution in [1.82, 2.24) is 0 Å². The third-order valence-electron chi connectivity index (χ3n) is 4.48. The molecule has 20 heavy (non-hydrogen) atoms. The Bertz CT molecular complexity index is 589. The van der Waals surface area contributed by atoms with Gasteiger partial charge in [0.1, 0.15) is 6.07 Å². The van der Waals surface area contributed by atoms with Crippen LogP contribution in [0, 0.1) is 16.7 Å². The summed E-state index contributed by atoms with van der Waals surface area (Å²) in [6.07, 6.45) is 5.01. The molecule has 3 rings (SSSR count). The van der Waals surface area contributed by atoms with Crippen molar-refractivity contribution in [2.24, 2.45) is 5.41 Å². The molecular weight excluding hydrogens is 252 g/mol. The van der Waals surface area contributed by atoms with Crippen molar-refractivity contribution in [2.45, 2.75) is 38.5 Å². The standard InChI is InChI=1S/C16H16N2O2/c17-11-12-5-1-2-6-13(12)18-14(19)9-16(10-15(18)20)7-3-4-8-16/h1-2,5-6H,3-4,7-10H2. The van der Waals surface area contributed by atoms with Crippen molar-refractivity contribution in [3.05, 3.63) is 29.8 Å². The summed E-state index contributed by atoms with van der Waals surface area (Å²) in [7, 11) is 0. The molecule has 2 aliphatic rings. The van der Waals surface area contributed by atoms with Gasteiger partial charge in [0.15, 0.2) is 0 Å². The molecule has 1 aliphatic carbocycles. The van der Waals surface area contributed by atoms with Gasteiger partial charge in [0.05, 0.1) is 11.3 Å². The highest BCUT2D eigenvalue weighted by Crippen LogP contribution is 2.47. The van der Waals surface area contributed by atoms with Gasteiger partial charge in [-0.3, -0.25) is 9.59 Å². The number of para-hydroxylation sites is 1. The molecule has 0 N–H and O–H groups in total. The van der Waals surface area contributed by atoms with Crippen molar-refractivity contribution in [3.8, 4) is 6.07 Å². The fourth-order valence-electron chi connectivity index (χ4n) is 3.51. The SMILES string of the molecule is N#Cc1ccccc1N1C(=O)CC2(CCCC2)CC1=O. The maximum Gasteiger partial charge on any atom is 0.234 e. The summed E-state index contributed by atoms with van der Waals surface area (Å²) in [4.78, 5) is 26.1. The van der Waals surface area contributed by atoms with Crippen LogP contribution in [0.3, 0.4) is 0 Å². The summed E-state index contributed by atoms with van der Waals surface area (Å²) in [6.45, 7) is 0. The average Bonchev–Trinajstić information content (AvgIpc) is 2.86. The molecule has 1 saturated carbocycles. The molecule has 2 amide bonds. The van der Waals surface area contributed by atoms with Crippen LogP contribution in [-0.2, 0) is 9.59 Å². The van der Waals surface area contributed by atoms with Crippen LogP contribution in [0.1, 0.15) is 44.1 Å². The third kappa shape index (κ3) is 2.00. The van der Waals surface area contributed by atoms with Gasteiger partial charge in [0.25, 0.3) is 0 Å². The van der Waals surface area contributed by atoms with Gasteiger partial charge >= 0.3 is 0 Å². The van der Waals surface area contributed by atoms with E-state index < -0.39 is 0 Å². The maximum atomic E-state index is 12.4. The zero-order valence-electron chi connectivity index (χ0n) is 11.3. The second-order valence-electron chi connectivity index (χ2n) is 5.81. The Hall–Kier alpha value is -2.15. The minimum absolute atomic E-state index is 0.105. The first-order valence-electron chi connectivity index (χ1n) is 7.00. The van der Waals surface area contributed by atoms with Crippen LogP contribution in [0.25, 0.3) is 0 Å². The van der Waals surface area contributed by atoms with E-state index in [-0.39, 0.29) is 17.2 Å². The van der Waals surface area contributed by atoms with E-state index in [1.54, 1.807) is 24.3 Å². The van der Waals surface area contributed by atoms with Crippen LogP contribution in [0.2, 0.25) is 0 Å². The van der Waals surface area contributed by atoms with E-state index in [0.29, 0.717) is 24.1 Å². The van der Waals surface area contributed by atoms with E-state index in [1.165, 1.54) is 4.90 Å². The van der Waals surface area contributed by atoms with Crippen molar-refractivity contribution < 1.29 is 9.59 Å². The summed E-state index contributed by atoms with van der Waals surface area (Å²) < 4.78 is 0. The lowest BCUT2D eigenvalue weighted by molar-refractivity contribution is -0.133. The summed E-state index contributed by atoms with van der Waals surface area (Å²) in [5.41, 5.74) is 0.695. The zero-order valence-corrected chi connectivity index (χ0v) is 11.3. The van der Waals surface area contributed by atoms with Gasteiger partial charge in [0.2, 0.25) is 11.8 Å². The lowest BCUT2D eigenvalue weighted by atomic mass is 9.76. The predicted molar refractivity (Wildman–Crippen MR) is 73.8 cm³/mol. The van der Waals surface area contributed by atoms with Crippen molar-refractivity contribution in [2.75, 3.05) is 4.90 Å².